The van der Waals surface area contributed by atoms with Crippen molar-refractivity contribution in [2.24, 2.45) is 0 Å². The molecule has 0 radical (unpaired) electrons. The molecule has 1 atom stereocenters. The van der Waals surface area contributed by atoms with Crippen LogP contribution in [0.4, 0.5) is 0 Å². The summed E-state index contributed by atoms with van der Waals surface area (Å²) in [4.78, 5) is 0. The van der Waals surface area contributed by atoms with Crippen molar-refractivity contribution in [1.29, 1.82) is 0 Å². The molecule has 0 aliphatic heterocycles. The Morgan fingerprint density at radius 2 is 2.09 bits per heavy atom. The van der Waals surface area contributed by atoms with Gasteiger partial charge in [0, 0.05) is 9.45 Å². The number of aliphatic hydroxyl groups excluding tert-OH is 1. The normalized spacial score (nSPS) is 13.0. The van der Waals surface area contributed by atoms with Gasteiger partial charge < -0.3 is 5.11 Å². The summed E-state index contributed by atoms with van der Waals surface area (Å²) in [5.74, 6) is 0. The molecule has 0 aromatic heterocycles. The van der Waals surface area contributed by atoms with Crippen LogP contribution in [0.3, 0.4) is 0 Å². The Morgan fingerprint density at radius 1 is 1.45 bits per heavy atom. The maximum absolute atomic E-state index is 9.42. The summed E-state index contributed by atoms with van der Waals surface area (Å²) in [5, 5.41) is 10.1. The smallest absolute Gasteiger partial charge is 0.0893 e. The lowest BCUT2D eigenvalue weighted by Gasteiger charge is -2.07. The Hall–Kier alpha value is 0.200. The van der Waals surface area contributed by atoms with Gasteiger partial charge in [-0.3, -0.25) is 0 Å². The van der Waals surface area contributed by atoms with E-state index in [0.29, 0.717) is 9.45 Å². The van der Waals surface area contributed by atoms with Gasteiger partial charge in [0.15, 0.2) is 0 Å². The molecule has 1 N–H and O–H groups in total. The zero-order chi connectivity index (χ0) is 8.27. The minimum atomic E-state index is -0.440. The first-order valence-electron chi connectivity index (χ1n) is 3.24. The van der Waals surface area contributed by atoms with E-state index in [1.165, 1.54) is 0 Å². The molecule has 0 aliphatic rings. The van der Waals surface area contributed by atoms with Gasteiger partial charge in [0.2, 0.25) is 0 Å². The van der Waals surface area contributed by atoms with Crippen LogP contribution in [0.2, 0.25) is 5.02 Å². The van der Waals surface area contributed by atoms with Crippen molar-refractivity contribution in [3.05, 3.63) is 34.9 Å². The molecule has 1 aromatic carbocycles. The van der Waals surface area contributed by atoms with Crippen molar-refractivity contribution in [1.82, 2.24) is 0 Å². The molecule has 0 saturated carbocycles. The quantitative estimate of drug-likeness (QED) is 0.653. The molecule has 1 unspecified atom stereocenters. The van der Waals surface area contributed by atoms with Crippen LogP contribution >= 0.6 is 34.2 Å². The minimum Gasteiger partial charge on any atom is -0.388 e. The number of hydrogen-bond donors (Lipinski definition) is 1. The van der Waals surface area contributed by atoms with E-state index < -0.39 is 6.10 Å². The van der Waals surface area contributed by atoms with Crippen molar-refractivity contribution >= 4 is 34.2 Å². The average Bonchev–Trinajstić information content (AvgIpc) is 2.04. The van der Waals surface area contributed by atoms with Gasteiger partial charge in [0.1, 0.15) is 0 Å². The van der Waals surface area contributed by atoms with Crippen LogP contribution < -0.4 is 0 Å². The fraction of sp³-hybridized carbons (Fsp3) is 0.250. The summed E-state index contributed by atoms with van der Waals surface area (Å²) < 4.78 is 0.668. The monoisotopic (exact) mass is 282 g/mol. The van der Waals surface area contributed by atoms with Gasteiger partial charge >= 0.3 is 0 Å². The van der Waals surface area contributed by atoms with Crippen LogP contribution in [-0.4, -0.2) is 9.53 Å². The van der Waals surface area contributed by atoms with Gasteiger partial charge in [-0.05, 0) is 11.6 Å². The predicted octanol–water partition coefficient (Wildman–Crippen LogP) is 2.81. The highest BCUT2D eigenvalue weighted by Gasteiger charge is 2.07. The summed E-state index contributed by atoms with van der Waals surface area (Å²) in [6.45, 7) is 0. The van der Waals surface area contributed by atoms with Crippen LogP contribution in [-0.2, 0) is 0 Å². The van der Waals surface area contributed by atoms with Crippen molar-refractivity contribution in [2.45, 2.75) is 6.10 Å². The zero-order valence-electron chi connectivity index (χ0n) is 5.80. The minimum absolute atomic E-state index is 0.440. The van der Waals surface area contributed by atoms with Crippen molar-refractivity contribution in [3.63, 3.8) is 0 Å². The number of rotatable bonds is 2. The molecule has 0 fully saturated rings. The molecular formula is C8H8ClIO. The molecule has 0 amide bonds. The van der Waals surface area contributed by atoms with Crippen LogP contribution in [0.25, 0.3) is 0 Å². The van der Waals surface area contributed by atoms with Crippen LogP contribution in [0.1, 0.15) is 11.7 Å². The summed E-state index contributed by atoms with van der Waals surface area (Å²) in [5.41, 5.74) is 0.809. The fourth-order valence-electron chi connectivity index (χ4n) is 0.828. The maximum Gasteiger partial charge on any atom is 0.0893 e. The molecule has 0 aliphatic carbocycles. The third-order valence-corrected chi connectivity index (χ3v) is 2.59. The molecule has 3 heteroatoms. The molecule has 1 nitrogen and oxygen atoms in total. The Morgan fingerprint density at radius 3 is 2.64 bits per heavy atom. The Kier molecular flexibility index (Phi) is 3.62. The van der Waals surface area contributed by atoms with Crippen LogP contribution in [0.15, 0.2) is 24.3 Å². The van der Waals surface area contributed by atoms with Gasteiger partial charge in [-0.1, -0.05) is 52.4 Å². The Labute approximate surface area is 84.5 Å². The number of aliphatic hydroxyl groups is 1. The molecule has 0 saturated heterocycles. The molecule has 0 heterocycles. The molecule has 1 aromatic rings. The van der Waals surface area contributed by atoms with E-state index in [0.717, 1.165) is 5.56 Å². The van der Waals surface area contributed by atoms with Gasteiger partial charge in [0.05, 0.1) is 6.10 Å². The standard InChI is InChI=1S/C8H8ClIO/c9-7-4-2-1-3-6(7)8(11)5-10/h1-4,8,11H,5H2. The van der Waals surface area contributed by atoms with E-state index in [2.05, 4.69) is 22.6 Å². The van der Waals surface area contributed by atoms with Gasteiger partial charge in [-0.15, -0.1) is 0 Å². The van der Waals surface area contributed by atoms with E-state index in [1.54, 1.807) is 6.07 Å². The third kappa shape index (κ3) is 2.32. The number of alkyl halides is 1. The molecule has 11 heavy (non-hydrogen) atoms. The second-order valence-corrected chi connectivity index (χ2v) is 3.48. The topological polar surface area (TPSA) is 20.2 Å². The van der Waals surface area contributed by atoms with Crippen molar-refractivity contribution in [3.8, 4) is 0 Å². The zero-order valence-corrected chi connectivity index (χ0v) is 8.71. The lowest BCUT2D eigenvalue weighted by molar-refractivity contribution is 0.207. The lowest BCUT2D eigenvalue weighted by atomic mass is 10.1. The predicted molar refractivity (Wildman–Crippen MR) is 55.3 cm³/mol. The van der Waals surface area contributed by atoms with Crippen molar-refractivity contribution < 1.29 is 5.11 Å². The number of benzene rings is 1. The third-order valence-electron chi connectivity index (χ3n) is 1.41. The first kappa shape index (κ1) is 9.29. The van der Waals surface area contributed by atoms with Crippen molar-refractivity contribution in [2.75, 3.05) is 4.43 Å². The molecule has 60 valence electrons. The second-order valence-electron chi connectivity index (χ2n) is 2.19. The summed E-state index contributed by atoms with van der Waals surface area (Å²) in [6, 6.07) is 7.35. The van der Waals surface area contributed by atoms with E-state index in [1.807, 2.05) is 18.2 Å². The summed E-state index contributed by atoms with van der Waals surface area (Å²) in [6.07, 6.45) is -0.440. The summed E-state index contributed by atoms with van der Waals surface area (Å²) >= 11 is 7.96. The summed E-state index contributed by atoms with van der Waals surface area (Å²) in [7, 11) is 0. The fourth-order valence-corrected chi connectivity index (χ4v) is 1.56. The van der Waals surface area contributed by atoms with Crippen LogP contribution in [0.5, 0.6) is 0 Å². The van der Waals surface area contributed by atoms with E-state index in [-0.39, 0.29) is 0 Å². The number of hydrogen-bond acceptors (Lipinski definition) is 1. The van der Waals surface area contributed by atoms with E-state index in [9.17, 15) is 5.11 Å². The highest BCUT2D eigenvalue weighted by molar-refractivity contribution is 14.1. The average molecular weight is 283 g/mol. The lowest BCUT2D eigenvalue weighted by Crippen LogP contribution is -1.98. The maximum atomic E-state index is 9.42. The number of halogens is 2. The largest absolute Gasteiger partial charge is 0.388 e. The molecule has 0 bridgehead atoms. The van der Waals surface area contributed by atoms with Gasteiger partial charge in [-0.2, -0.15) is 0 Å². The molecule has 1 rings (SSSR count). The second kappa shape index (κ2) is 4.28. The Bertz CT molecular complexity index is 239. The van der Waals surface area contributed by atoms with Crippen LogP contribution in [0, 0.1) is 0 Å². The highest BCUT2D eigenvalue weighted by atomic mass is 127. The SMILES string of the molecule is OC(CI)c1ccccc1Cl. The first-order chi connectivity index (χ1) is 5.25. The van der Waals surface area contributed by atoms with E-state index >= 15 is 0 Å². The highest BCUT2D eigenvalue weighted by Crippen LogP contribution is 2.23. The van der Waals surface area contributed by atoms with Gasteiger partial charge in [0.25, 0.3) is 0 Å². The Balaban J connectivity index is 2.93. The molecular weight excluding hydrogens is 274 g/mol. The van der Waals surface area contributed by atoms with E-state index in [4.69, 9.17) is 11.6 Å². The molecule has 0 spiro atoms. The van der Waals surface area contributed by atoms with Gasteiger partial charge in [-0.25, -0.2) is 0 Å². The first-order valence-corrected chi connectivity index (χ1v) is 5.14.